The third-order valence-corrected chi connectivity index (χ3v) is 6.01. The number of carbonyl (C=O) groups excluding carboxylic acids is 2. The lowest BCUT2D eigenvalue weighted by atomic mass is 9.94. The number of likely N-dealkylation sites (tertiary alicyclic amines) is 1. The Labute approximate surface area is 203 Å². The zero-order valence-electron chi connectivity index (χ0n) is 19.8. The fourth-order valence-corrected chi connectivity index (χ4v) is 4.31. The van der Waals surface area contributed by atoms with Crippen LogP contribution in [0.3, 0.4) is 0 Å². The molecule has 1 atom stereocenters. The van der Waals surface area contributed by atoms with E-state index in [1.807, 2.05) is 10.8 Å². The van der Waals surface area contributed by atoms with Gasteiger partial charge in [0.05, 0.1) is 39.3 Å². The number of Topliss-reactive ketones (excluding diaryl/α,β-unsaturated/α-hetero) is 1. The standard InChI is InChI=1S/C26H27N3O6/c1-33-18-10-8-17(9-11-18)23(30)21-22(19-6-4-7-20(34-2)25(19)35-3)29(26(32)24(21)31)14-5-13-28-15-12-27-16-28/h4,6-12,15-16,22,30H,5,13-14H2,1-3H3/b23-21-. The van der Waals surface area contributed by atoms with Gasteiger partial charge in [-0.15, -0.1) is 0 Å². The molecule has 3 aromatic rings. The highest BCUT2D eigenvalue weighted by atomic mass is 16.5. The molecule has 1 N–H and O–H groups in total. The maximum absolute atomic E-state index is 13.3. The van der Waals surface area contributed by atoms with Gasteiger partial charge >= 0.3 is 0 Å². The Morgan fingerprint density at radius 1 is 1.00 bits per heavy atom. The predicted octanol–water partition coefficient (Wildman–Crippen LogP) is 3.42. The first-order valence-electron chi connectivity index (χ1n) is 11.1. The van der Waals surface area contributed by atoms with Crippen molar-refractivity contribution in [3.8, 4) is 17.2 Å². The summed E-state index contributed by atoms with van der Waals surface area (Å²) in [5, 5.41) is 11.2. The molecule has 0 radical (unpaired) electrons. The molecule has 35 heavy (non-hydrogen) atoms. The van der Waals surface area contributed by atoms with Crippen LogP contribution in [0, 0.1) is 0 Å². The average molecular weight is 478 g/mol. The molecule has 9 heteroatoms. The van der Waals surface area contributed by atoms with Crippen LogP contribution in [0.5, 0.6) is 17.2 Å². The van der Waals surface area contributed by atoms with Crippen LogP contribution >= 0.6 is 0 Å². The van der Waals surface area contributed by atoms with Gasteiger partial charge in [-0.05, 0) is 36.8 Å². The zero-order valence-corrected chi connectivity index (χ0v) is 19.8. The Bertz CT molecular complexity index is 1230. The van der Waals surface area contributed by atoms with E-state index in [1.165, 1.54) is 19.1 Å². The largest absolute Gasteiger partial charge is 0.507 e. The molecule has 1 aromatic heterocycles. The molecule has 2 heterocycles. The number of aromatic nitrogens is 2. The van der Waals surface area contributed by atoms with Crippen molar-refractivity contribution < 1.29 is 28.9 Å². The lowest BCUT2D eigenvalue weighted by Gasteiger charge is -2.27. The molecule has 0 aliphatic carbocycles. The number of rotatable bonds is 9. The number of benzene rings is 2. The average Bonchev–Trinajstić information content (AvgIpc) is 3.50. The van der Waals surface area contributed by atoms with E-state index < -0.39 is 17.7 Å². The first-order valence-corrected chi connectivity index (χ1v) is 11.1. The Balaban J connectivity index is 1.80. The second-order valence-corrected chi connectivity index (χ2v) is 7.96. The summed E-state index contributed by atoms with van der Waals surface area (Å²) < 4.78 is 18.1. The van der Waals surface area contributed by atoms with E-state index in [0.717, 1.165) is 0 Å². The van der Waals surface area contributed by atoms with Crippen LogP contribution in [-0.2, 0) is 16.1 Å². The van der Waals surface area contributed by atoms with E-state index in [1.54, 1.807) is 62.1 Å². The lowest BCUT2D eigenvalue weighted by Crippen LogP contribution is -2.31. The smallest absolute Gasteiger partial charge is 0.295 e. The quantitative estimate of drug-likeness (QED) is 0.286. The van der Waals surface area contributed by atoms with Crippen molar-refractivity contribution in [2.24, 2.45) is 0 Å². The number of ketones is 1. The summed E-state index contributed by atoms with van der Waals surface area (Å²) in [5.41, 5.74) is 0.937. The van der Waals surface area contributed by atoms with Crippen LogP contribution < -0.4 is 14.2 Å². The predicted molar refractivity (Wildman–Crippen MR) is 128 cm³/mol. The number of nitrogens with zero attached hydrogens (tertiary/aromatic N) is 3. The van der Waals surface area contributed by atoms with E-state index in [2.05, 4.69) is 4.98 Å². The molecule has 1 saturated heterocycles. The summed E-state index contributed by atoms with van der Waals surface area (Å²) in [6, 6.07) is 11.0. The number of hydrogen-bond donors (Lipinski definition) is 1. The first kappa shape index (κ1) is 23.9. The van der Waals surface area contributed by atoms with Crippen molar-refractivity contribution in [2.45, 2.75) is 19.0 Å². The van der Waals surface area contributed by atoms with E-state index in [0.29, 0.717) is 41.3 Å². The maximum Gasteiger partial charge on any atom is 0.295 e. The van der Waals surface area contributed by atoms with Crippen LogP contribution in [0.1, 0.15) is 23.6 Å². The third kappa shape index (κ3) is 4.57. The second kappa shape index (κ2) is 10.3. The van der Waals surface area contributed by atoms with Crippen molar-refractivity contribution in [2.75, 3.05) is 27.9 Å². The van der Waals surface area contributed by atoms with Crippen LogP contribution in [0.4, 0.5) is 0 Å². The van der Waals surface area contributed by atoms with Gasteiger partial charge in [-0.2, -0.15) is 0 Å². The van der Waals surface area contributed by atoms with E-state index >= 15 is 0 Å². The summed E-state index contributed by atoms with van der Waals surface area (Å²) in [6.07, 6.45) is 5.79. The number of aryl methyl sites for hydroxylation is 1. The molecule has 1 aliphatic heterocycles. The number of ether oxygens (including phenoxy) is 3. The van der Waals surface area contributed by atoms with Crippen molar-refractivity contribution in [1.82, 2.24) is 14.5 Å². The van der Waals surface area contributed by atoms with Crippen LogP contribution in [0.25, 0.3) is 5.76 Å². The van der Waals surface area contributed by atoms with Gasteiger partial charge in [0.15, 0.2) is 11.5 Å². The molecule has 2 aromatic carbocycles. The number of methoxy groups -OCH3 is 3. The highest BCUT2D eigenvalue weighted by molar-refractivity contribution is 6.46. The van der Waals surface area contributed by atoms with Gasteiger partial charge < -0.3 is 28.8 Å². The normalized spacial score (nSPS) is 17.0. The maximum atomic E-state index is 13.3. The fraction of sp³-hybridized carbons (Fsp3) is 0.269. The van der Waals surface area contributed by atoms with Gasteiger partial charge in [0, 0.05) is 36.6 Å². The molecule has 4 rings (SSSR count). The van der Waals surface area contributed by atoms with Crippen molar-refractivity contribution in [3.05, 3.63) is 77.9 Å². The highest BCUT2D eigenvalue weighted by Gasteiger charge is 2.47. The summed E-state index contributed by atoms with van der Waals surface area (Å²) in [6.45, 7) is 0.899. The Kier molecular flexibility index (Phi) is 7.05. The van der Waals surface area contributed by atoms with Crippen LogP contribution in [0.15, 0.2) is 66.8 Å². The SMILES string of the molecule is COc1ccc(/C(O)=C2/C(=O)C(=O)N(CCCn3ccnc3)C2c2cccc(OC)c2OC)cc1. The van der Waals surface area contributed by atoms with E-state index in [4.69, 9.17) is 14.2 Å². The van der Waals surface area contributed by atoms with Gasteiger partial charge in [-0.25, -0.2) is 4.98 Å². The number of hydrogen-bond acceptors (Lipinski definition) is 7. The van der Waals surface area contributed by atoms with Gasteiger partial charge in [-0.3, -0.25) is 9.59 Å². The van der Waals surface area contributed by atoms with Crippen molar-refractivity contribution in [3.63, 3.8) is 0 Å². The zero-order chi connectivity index (χ0) is 24.9. The summed E-state index contributed by atoms with van der Waals surface area (Å²) >= 11 is 0. The topological polar surface area (TPSA) is 103 Å². The van der Waals surface area contributed by atoms with Crippen LogP contribution in [-0.4, -0.2) is 59.1 Å². The molecule has 0 bridgehead atoms. The lowest BCUT2D eigenvalue weighted by molar-refractivity contribution is -0.140. The number of para-hydroxylation sites is 1. The van der Waals surface area contributed by atoms with E-state index in [-0.39, 0.29) is 17.9 Å². The molecular formula is C26H27N3O6. The summed E-state index contributed by atoms with van der Waals surface area (Å²) in [7, 11) is 4.55. The van der Waals surface area contributed by atoms with Crippen molar-refractivity contribution in [1.29, 1.82) is 0 Å². The van der Waals surface area contributed by atoms with E-state index in [9.17, 15) is 14.7 Å². The van der Waals surface area contributed by atoms with Crippen LogP contribution in [0.2, 0.25) is 0 Å². The minimum absolute atomic E-state index is 0.00523. The number of aliphatic hydroxyl groups excluding tert-OH is 1. The monoisotopic (exact) mass is 477 g/mol. The number of imidazole rings is 1. The van der Waals surface area contributed by atoms with Gasteiger partial charge in [0.1, 0.15) is 11.5 Å². The van der Waals surface area contributed by atoms with Gasteiger partial charge in [-0.1, -0.05) is 12.1 Å². The Morgan fingerprint density at radius 2 is 1.77 bits per heavy atom. The highest BCUT2D eigenvalue weighted by Crippen LogP contribution is 2.45. The minimum Gasteiger partial charge on any atom is -0.507 e. The molecule has 0 spiro atoms. The Morgan fingerprint density at radius 3 is 2.40 bits per heavy atom. The number of aliphatic hydroxyl groups is 1. The molecule has 182 valence electrons. The second-order valence-electron chi connectivity index (χ2n) is 7.96. The molecule has 1 aliphatic rings. The minimum atomic E-state index is -0.857. The Hall–Kier alpha value is -4.27. The summed E-state index contributed by atoms with van der Waals surface area (Å²) in [4.78, 5) is 32.0. The van der Waals surface area contributed by atoms with Gasteiger partial charge in [0.25, 0.3) is 11.7 Å². The van der Waals surface area contributed by atoms with Crippen molar-refractivity contribution >= 4 is 17.4 Å². The third-order valence-electron chi connectivity index (χ3n) is 6.01. The molecule has 1 fully saturated rings. The summed E-state index contributed by atoms with van der Waals surface area (Å²) in [5.74, 6) is -0.248. The fourth-order valence-electron chi connectivity index (χ4n) is 4.31. The molecule has 1 amide bonds. The molecule has 1 unspecified atom stereocenters. The molecule has 0 saturated carbocycles. The number of carbonyl (C=O) groups is 2. The molecular weight excluding hydrogens is 450 g/mol. The van der Waals surface area contributed by atoms with Gasteiger partial charge in [0.2, 0.25) is 0 Å². The molecule has 9 nitrogen and oxygen atoms in total. The first-order chi connectivity index (χ1) is 17.0. The number of amides is 1.